The molecule has 2 rings (SSSR count). The predicted octanol–water partition coefficient (Wildman–Crippen LogP) is 2.91. The van der Waals surface area contributed by atoms with Crippen LogP contribution in [0.1, 0.15) is 38.7 Å². The summed E-state index contributed by atoms with van der Waals surface area (Å²) >= 11 is 0. The van der Waals surface area contributed by atoms with Gasteiger partial charge in [-0.25, -0.2) is 0 Å². The molecule has 2 heteroatoms. The summed E-state index contributed by atoms with van der Waals surface area (Å²) in [6.07, 6.45) is 3.83. The Labute approximate surface area is 105 Å². The Morgan fingerprint density at radius 1 is 1.18 bits per heavy atom. The summed E-state index contributed by atoms with van der Waals surface area (Å²) in [6, 6.07) is 8.82. The highest BCUT2D eigenvalue weighted by atomic mass is 15.1. The molecule has 94 valence electrons. The monoisotopic (exact) mass is 232 g/mol. The van der Waals surface area contributed by atoms with E-state index in [1.165, 1.54) is 30.5 Å². The molecule has 1 aliphatic carbocycles. The van der Waals surface area contributed by atoms with Gasteiger partial charge in [0.1, 0.15) is 0 Å². The van der Waals surface area contributed by atoms with Crippen molar-refractivity contribution in [2.24, 2.45) is 5.73 Å². The van der Waals surface area contributed by atoms with Crippen LogP contribution < -0.4 is 10.6 Å². The average Bonchev–Trinajstić information content (AvgIpc) is 2.32. The van der Waals surface area contributed by atoms with E-state index in [0.29, 0.717) is 0 Å². The largest absolute Gasteiger partial charge is 0.372 e. The van der Waals surface area contributed by atoms with Crippen molar-refractivity contribution < 1.29 is 0 Å². The van der Waals surface area contributed by atoms with Crippen molar-refractivity contribution in [3.8, 4) is 0 Å². The lowest BCUT2D eigenvalue weighted by molar-refractivity contribution is 0.253. The molecular weight excluding hydrogens is 208 g/mol. The number of anilines is 1. The maximum Gasteiger partial charge on any atom is 0.0404 e. The predicted molar refractivity (Wildman–Crippen MR) is 74.6 cm³/mol. The van der Waals surface area contributed by atoms with Gasteiger partial charge in [0.25, 0.3) is 0 Å². The zero-order valence-electron chi connectivity index (χ0n) is 11.1. The molecule has 1 aromatic rings. The van der Waals surface area contributed by atoms with Crippen molar-refractivity contribution in [3.63, 3.8) is 0 Å². The van der Waals surface area contributed by atoms with Crippen LogP contribution in [-0.4, -0.2) is 19.6 Å². The zero-order valence-corrected chi connectivity index (χ0v) is 11.1. The fourth-order valence-electron chi connectivity index (χ4n) is 2.95. The van der Waals surface area contributed by atoms with Gasteiger partial charge in [0.2, 0.25) is 0 Å². The molecule has 2 nitrogen and oxygen atoms in total. The Hall–Kier alpha value is -1.02. The number of hydrogen-bond donors (Lipinski definition) is 1. The van der Waals surface area contributed by atoms with Crippen LogP contribution in [0.4, 0.5) is 5.69 Å². The highest BCUT2D eigenvalue weighted by Gasteiger charge is 2.39. The summed E-state index contributed by atoms with van der Waals surface area (Å²) in [6.45, 7) is 7.35. The van der Waals surface area contributed by atoms with E-state index < -0.39 is 0 Å². The van der Waals surface area contributed by atoms with Gasteiger partial charge in [-0.15, -0.1) is 0 Å². The molecule has 0 radical (unpaired) electrons. The number of hydrogen-bond acceptors (Lipinski definition) is 2. The number of nitrogens with two attached hydrogens (primary N) is 1. The normalized spacial score (nSPS) is 17.6. The van der Waals surface area contributed by atoms with Gasteiger partial charge >= 0.3 is 0 Å². The molecular formula is C15H24N2. The van der Waals surface area contributed by atoms with Crippen LogP contribution in [0.5, 0.6) is 0 Å². The fourth-order valence-corrected chi connectivity index (χ4v) is 2.95. The Balaban J connectivity index is 2.39. The summed E-state index contributed by atoms with van der Waals surface area (Å²) in [7, 11) is 0. The maximum atomic E-state index is 6.03. The van der Waals surface area contributed by atoms with Crippen molar-refractivity contribution in [1.29, 1.82) is 0 Å². The van der Waals surface area contributed by atoms with Gasteiger partial charge in [0.15, 0.2) is 0 Å². The van der Waals surface area contributed by atoms with E-state index >= 15 is 0 Å². The van der Waals surface area contributed by atoms with Gasteiger partial charge in [0, 0.05) is 30.7 Å². The number of benzene rings is 1. The number of rotatable bonds is 5. The standard InChI is InChI=1S/C15H24N2/c1-3-17(4-2)14-9-6-5-8-13(14)15(12-16)10-7-11-15/h5-6,8-9H,3-4,7,10-12,16H2,1-2H3. The highest BCUT2D eigenvalue weighted by Crippen LogP contribution is 2.46. The molecule has 0 saturated heterocycles. The Kier molecular flexibility index (Phi) is 3.72. The van der Waals surface area contributed by atoms with E-state index in [1.807, 2.05) is 0 Å². The van der Waals surface area contributed by atoms with Crippen molar-refractivity contribution in [1.82, 2.24) is 0 Å². The third-order valence-corrected chi connectivity index (χ3v) is 4.28. The quantitative estimate of drug-likeness (QED) is 0.845. The van der Waals surface area contributed by atoms with Gasteiger partial charge < -0.3 is 10.6 Å². The minimum atomic E-state index is 0.263. The summed E-state index contributed by atoms with van der Waals surface area (Å²) in [4.78, 5) is 2.44. The lowest BCUT2D eigenvalue weighted by atomic mass is 9.64. The first-order valence-corrected chi connectivity index (χ1v) is 6.82. The fraction of sp³-hybridized carbons (Fsp3) is 0.600. The second-order valence-electron chi connectivity index (χ2n) is 5.03. The second kappa shape index (κ2) is 5.09. The molecule has 1 saturated carbocycles. The van der Waals surface area contributed by atoms with Gasteiger partial charge in [-0.3, -0.25) is 0 Å². The van der Waals surface area contributed by atoms with Crippen LogP contribution in [-0.2, 0) is 5.41 Å². The molecule has 0 atom stereocenters. The first-order chi connectivity index (χ1) is 8.27. The van der Waals surface area contributed by atoms with Gasteiger partial charge in [0.05, 0.1) is 0 Å². The van der Waals surface area contributed by atoms with Crippen LogP contribution in [0.15, 0.2) is 24.3 Å². The van der Waals surface area contributed by atoms with Crippen molar-refractivity contribution >= 4 is 5.69 Å². The van der Waals surface area contributed by atoms with E-state index in [4.69, 9.17) is 5.73 Å². The highest BCUT2D eigenvalue weighted by molar-refractivity contribution is 5.57. The summed E-state index contributed by atoms with van der Waals surface area (Å²) < 4.78 is 0. The Bertz CT molecular complexity index is 359. The van der Waals surface area contributed by atoms with Gasteiger partial charge in [-0.2, -0.15) is 0 Å². The molecule has 2 N–H and O–H groups in total. The summed E-state index contributed by atoms with van der Waals surface area (Å²) in [5.74, 6) is 0. The van der Waals surface area contributed by atoms with Crippen LogP contribution >= 0.6 is 0 Å². The molecule has 0 aliphatic heterocycles. The molecule has 0 heterocycles. The van der Waals surface area contributed by atoms with E-state index in [9.17, 15) is 0 Å². The van der Waals surface area contributed by atoms with Crippen LogP contribution in [0.3, 0.4) is 0 Å². The minimum absolute atomic E-state index is 0.263. The van der Waals surface area contributed by atoms with Gasteiger partial charge in [-0.1, -0.05) is 24.6 Å². The molecule has 0 aromatic heterocycles. The smallest absolute Gasteiger partial charge is 0.0404 e. The third kappa shape index (κ3) is 2.06. The second-order valence-corrected chi connectivity index (χ2v) is 5.03. The van der Waals surface area contributed by atoms with E-state index in [2.05, 4.69) is 43.0 Å². The molecule has 1 aromatic carbocycles. The molecule has 0 amide bonds. The minimum Gasteiger partial charge on any atom is -0.372 e. The van der Waals surface area contributed by atoms with Crippen molar-refractivity contribution in [2.45, 2.75) is 38.5 Å². The van der Waals surface area contributed by atoms with Crippen molar-refractivity contribution in [2.75, 3.05) is 24.5 Å². The van der Waals surface area contributed by atoms with E-state index in [0.717, 1.165) is 19.6 Å². The summed E-state index contributed by atoms with van der Waals surface area (Å²) in [5.41, 5.74) is 9.16. The Morgan fingerprint density at radius 3 is 2.29 bits per heavy atom. The van der Waals surface area contributed by atoms with Crippen LogP contribution in [0, 0.1) is 0 Å². The van der Waals surface area contributed by atoms with Crippen molar-refractivity contribution in [3.05, 3.63) is 29.8 Å². The molecule has 17 heavy (non-hydrogen) atoms. The van der Waals surface area contributed by atoms with E-state index in [-0.39, 0.29) is 5.41 Å². The van der Waals surface area contributed by atoms with Crippen LogP contribution in [0.2, 0.25) is 0 Å². The maximum absolute atomic E-state index is 6.03. The molecule has 0 bridgehead atoms. The summed E-state index contributed by atoms with van der Waals surface area (Å²) in [5, 5.41) is 0. The average molecular weight is 232 g/mol. The first kappa shape index (κ1) is 12.4. The van der Waals surface area contributed by atoms with Crippen LogP contribution in [0.25, 0.3) is 0 Å². The number of nitrogens with zero attached hydrogens (tertiary/aromatic N) is 1. The third-order valence-electron chi connectivity index (χ3n) is 4.28. The molecule has 1 fully saturated rings. The first-order valence-electron chi connectivity index (χ1n) is 6.82. The van der Waals surface area contributed by atoms with E-state index in [1.54, 1.807) is 0 Å². The zero-order chi connectivity index (χ0) is 12.3. The van der Waals surface area contributed by atoms with Gasteiger partial charge in [-0.05, 0) is 38.3 Å². The lowest BCUT2D eigenvalue weighted by Crippen LogP contribution is -2.43. The topological polar surface area (TPSA) is 29.3 Å². The number of para-hydroxylation sites is 1. The Morgan fingerprint density at radius 2 is 1.82 bits per heavy atom. The molecule has 0 unspecified atom stereocenters. The lowest BCUT2D eigenvalue weighted by Gasteiger charge is -2.44. The SMILES string of the molecule is CCN(CC)c1ccccc1C1(CN)CCC1. The molecule has 1 aliphatic rings. The molecule has 0 spiro atoms.